The maximum atomic E-state index is 11.8. The van der Waals surface area contributed by atoms with Crippen molar-refractivity contribution in [3.63, 3.8) is 0 Å². The molecule has 2 heterocycles. The van der Waals surface area contributed by atoms with Crippen LogP contribution in [0.3, 0.4) is 0 Å². The number of benzene rings is 1. The number of hydrogen-bond acceptors (Lipinski definition) is 4. The minimum Gasteiger partial charge on any atom is -0.380 e. The van der Waals surface area contributed by atoms with Crippen LogP contribution in [-0.2, 0) is 13.0 Å². The monoisotopic (exact) mass is 293 g/mol. The van der Waals surface area contributed by atoms with E-state index in [4.69, 9.17) is 11.6 Å². The summed E-state index contributed by atoms with van der Waals surface area (Å²) in [5, 5.41) is 6.21. The molecule has 0 aliphatic carbocycles. The predicted molar refractivity (Wildman–Crippen MR) is 76.9 cm³/mol. The molecular formula is C13H12ClN3OS. The molecule has 1 amide bonds. The summed E-state index contributed by atoms with van der Waals surface area (Å²) < 4.78 is 0.547. The van der Waals surface area contributed by atoms with Gasteiger partial charge >= 0.3 is 0 Å². The molecule has 0 bridgehead atoms. The van der Waals surface area contributed by atoms with Crippen LogP contribution in [0.2, 0.25) is 4.47 Å². The maximum absolute atomic E-state index is 11.8. The lowest BCUT2D eigenvalue weighted by Gasteiger charge is -2.20. The van der Waals surface area contributed by atoms with E-state index in [1.165, 1.54) is 11.3 Å². The highest BCUT2D eigenvalue weighted by Gasteiger charge is 2.18. The second-order valence-electron chi connectivity index (χ2n) is 4.27. The summed E-state index contributed by atoms with van der Waals surface area (Å²) in [6.45, 7) is 1.36. The minimum atomic E-state index is 0.00531. The highest BCUT2D eigenvalue weighted by atomic mass is 35.5. The maximum Gasteiger partial charge on any atom is 0.251 e. The fourth-order valence-corrected chi connectivity index (χ4v) is 3.10. The summed E-state index contributed by atoms with van der Waals surface area (Å²) in [7, 11) is 0. The molecule has 2 N–H and O–H groups in total. The van der Waals surface area contributed by atoms with Gasteiger partial charge in [-0.25, -0.2) is 4.98 Å². The van der Waals surface area contributed by atoms with E-state index >= 15 is 0 Å². The highest BCUT2D eigenvalue weighted by Crippen LogP contribution is 2.25. The van der Waals surface area contributed by atoms with Crippen LogP contribution in [0.5, 0.6) is 0 Å². The van der Waals surface area contributed by atoms with E-state index in [1.54, 1.807) is 6.20 Å². The number of hydrogen-bond donors (Lipinski definition) is 2. The molecule has 0 atom stereocenters. The molecule has 1 aliphatic heterocycles. The smallest absolute Gasteiger partial charge is 0.251 e. The van der Waals surface area contributed by atoms with Gasteiger partial charge in [-0.2, -0.15) is 0 Å². The molecule has 0 unspecified atom stereocenters. The Morgan fingerprint density at radius 2 is 2.37 bits per heavy atom. The van der Waals surface area contributed by atoms with Crippen LogP contribution in [0.25, 0.3) is 0 Å². The Morgan fingerprint density at radius 1 is 1.47 bits per heavy atom. The van der Waals surface area contributed by atoms with Crippen molar-refractivity contribution in [1.29, 1.82) is 0 Å². The number of halogens is 1. The van der Waals surface area contributed by atoms with E-state index < -0.39 is 0 Å². The summed E-state index contributed by atoms with van der Waals surface area (Å²) in [6.07, 6.45) is 2.62. The first-order valence-corrected chi connectivity index (χ1v) is 7.17. The largest absolute Gasteiger partial charge is 0.380 e. The van der Waals surface area contributed by atoms with E-state index in [9.17, 15) is 4.79 Å². The van der Waals surface area contributed by atoms with Crippen molar-refractivity contribution in [2.45, 2.75) is 13.0 Å². The van der Waals surface area contributed by atoms with Crippen molar-refractivity contribution in [3.8, 4) is 0 Å². The van der Waals surface area contributed by atoms with Gasteiger partial charge in [-0.1, -0.05) is 17.7 Å². The summed E-state index contributed by atoms with van der Waals surface area (Å²) in [5.74, 6) is 0.00531. The van der Waals surface area contributed by atoms with Gasteiger partial charge in [-0.15, -0.1) is 11.3 Å². The average Bonchev–Trinajstić information content (AvgIpc) is 2.83. The Bertz CT molecular complexity index is 626. The van der Waals surface area contributed by atoms with Crippen molar-refractivity contribution in [3.05, 3.63) is 44.9 Å². The van der Waals surface area contributed by atoms with E-state index in [-0.39, 0.29) is 5.91 Å². The number of thiazole rings is 1. The number of fused-ring (bicyclic) bond motifs is 1. The molecule has 1 aromatic carbocycles. The molecule has 0 saturated heterocycles. The molecular weight excluding hydrogens is 282 g/mol. The number of amides is 1. The zero-order valence-electron chi connectivity index (χ0n) is 10.1. The van der Waals surface area contributed by atoms with Gasteiger partial charge in [0.25, 0.3) is 5.91 Å². The lowest BCUT2D eigenvalue weighted by Crippen LogP contribution is -2.32. The number of nitrogens with zero attached hydrogens (tertiary/aromatic N) is 1. The standard InChI is InChI=1S/C13H12ClN3OS/c14-13-17-7-8(19-13)6-16-11-3-1-2-10-9(11)4-5-15-12(10)18/h1-3,7,16H,4-6H2,(H,15,18). The van der Waals surface area contributed by atoms with Crippen LogP contribution in [0.15, 0.2) is 24.4 Å². The van der Waals surface area contributed by atoms with E-state index in [0.29, 0.717) is 17.6 Å². The summed E-state index contributed by atoms with van der Waals surface area (Å²) >= 11 is 7.26. The van der Waals surface area contributed by atoms with Gasteiger partial charge in [0.15, 0.2) is 4.47 Å². The Morgan fingerprint density at radius 3 is 3.16 bits per heavy atom. The first kappa shape index (κ1) is 12.4. The van der Waals surface area contributed by atoms with E-state index in [0.717, 1.165) is 28.1 Å². The Hall–Kier alpha value is -1.59. The highest BCUT2D eigenvalue weighted by molar-refractivity contribution is 7.15. The first-order chi connectivity index (χ1) is 9.24. The van der Waals surface area contributed by atoms with Crippen LogP contribution in [0.4, 0.5) is 5.69 Å². The zero-order valence-corrected chi connectivity index (χ0v) is 11.6. The van der Waals surface area contributed by atoms with Crippen LogP contribution in [0, 0.1) is 0 Å². The molecule has 4 nitrogen and oxygen atoms in total. The molecule has 0 radical (unpaired) electrons. The quantitative estimate of drug-likeness (QED) is 0.915. The molecule has 19 heavy (non-hydrogen) atoms. The van der Waals surface area contributed by atoms with Gasteiger partial charge in [-0.05, 0) is 24.1 Å². The Kier molecular flexibility index (Phi) is 3.40. The second kappa shape index (κ2) is 5.19. The topological polar surface area (TPSA) is 54.0 Å². The van der Waals surface area contributed by atoms with Gasteiger partial charge < -0.3 is 10.6 Å². The number of rotatable bonds is 3. The van der Waals surface area contributed by atoms with Crippen molar-refractivity contribution >= 4 is 34.5 Å². The van der Waals surface area contributed by atoms with Crippen LogP contribution in [0.1, 0.15) is 20.8 Å². The predicted octanol–water partition coefficient (Wildman–Crippen LogP) is 2.69. The van der Waals surface area contributed by atoms with Crippen LogP contribution >= 0.6 is 22.9 Å². The fraction of sp³-hybridized carbons (Fsp3) is 0.231. The number of nitrogens with one attached hydrogen (secondary N) is 2. The van der Waals surface area contributed by atoms with Crippen molar-refractivity contribution < 1.29 is 4.79 Å². The molecule has 1 aliphatic rings. The second-order valence-corrected chi connectivity index (χ2v) is 5.97. The summed E-state index contributed by atoms with van der Waals surface area (Å²) in [4.78, 5) is 16.8. The van der Waals surface area contributed by atoms with E-state index in [2.05, 4.69) is 15.6 Å². The molecule has 2 aromatic rings. The Balaban J connectivity index is 1.81. The summed E-state index contributed by atoms with van der Waals surface area (Å²) in [5.41, 5.74) is 2.86. The molecule has 0 spiro atoms. The van der Waals surface area contributed by atoms with Gasteiger partial charge in [0.05, 0.1) is 6.54 Å². The third-order valence-corrected chi connectivity index (χ3v) is 4.17. The normalized spacial score (nSPS) is 13.8. The molecule has 0 saturated carbocycles. The lowest BCUT2D eigenvalue weighted by molar-refractivity contribution is 0.0946. The molecule has 3 rings (SSSR count). The first-order valence-electron chi connectivity index (χ1n) is 5.98. The van der Waals surface area contributed by atoms with Crippen molar-refractivity contribution in [1.82, 2.24) is 10.3 Å². The third kappa shape index (κ3) is 2.57. The number of aromatic nitrogens is 1. The van der Waals surface area contributed by atoms with Gasteiger partial charge in [0, 0.05) is 28.9 Å². The van der Waals surface area contributed by atoms with Gasteiger partial charge in [0.1, 0.15) is 0 Å². The van der Waals surface area contributed by atoms with E-state index in [1.807, 2.05) is 18.2 Å². The molecule has 6 heteroatoms. The van der Waals surface area contributed by atoms with Crippen molar-refractivity contribution in [2.75, 3.05) is 11.9 Å². The van der Waals surface area contributed by atoms with Crippen LogP contribution in [-0.4, -0.2) is 17.4 Å². The van der Waals surface area contributed by atoms with Crippen molar-refractivity contribution in [2.24, 2.45) is 0 Å². The SMILES string of the molecule is O=C1NCCc2c(NCc3cnc(Cl)s3)cccc21. The molecule has 1 aromatic heterocycles. The third-order valence-electron chi connectivity index (χ3n) is 3.06. The molecule has 98 valence electrons. The number of anilines is 1. The lowest BCUT2D eigenvalue weighted by atomic mass is 9.98. The van der Waals surface area contributed by atoms with Gasteiger partial charge in [0.2, 0.25) is 0 Å². The number of carbonyl (C=O) groups is 1. The average molecular weight is 294 g/mol. The molecule has 0 fully saturated rings. The fourth-order valence-electron chi connectivity index (χ4n) is 2.18. The van der Waals surface area contributed by atoms with Gasteiger partial charge in [-0.3, -0.25) is 4.79 Å². The zero-order chi connectivity index (χ0) is 13.2. The minimum absolute atomic E-state index is 0.00531. The van der Waals surface area contributed by atoms with Crippen LogP contribution < -0.4 is 10.6 Å². The number of carbonyl (C=O) groups excluding carboxylic acids is 1. The summed E-state index contributed by atoms with van der Waals surface area (Å²) in [6, 6.07) is 5.75. The Labute approximate surface area is 119 Å².